The zero-order valence-electron chi connectivity index (χ0n) is 12.1. The third-order valence-electron chi connectivity index (χ3n) is 4.62. The minimum atomic E-state index is -0.495. The Labute approximate surface area is 124 Å². The van der Waals surface area contributed by atoms with Gasteiger partial charge in [0.2, 0.25) is 0 Å². The Morgan fingerprint density at radius 1 is 1.29 bits per heavy atom. The van der Waals surface area contributed by atoms with E-state index in [1.54, 1.807) is 6.07 Å². The Hall–Kier alpha value is -1.42. The van der Waals surface area contributed by atoms with E-state index < -0.39 is 5.82 Å². The molecule has 1 saturated heterocycles. The van der Waals surface area contributed by atoms with Gasteiger partial charge < -0.3 is 9.47 Å². The summed E-state index contributed by atoms with van der Waals surface area (Å²) in [5.74, 6) is -0.307. The molecule has 0 amide bonds. The first-order valence-electron chi connectivity index (χ1n) is 7.76. The molecule has 0 radical (unpaired) electrons. The molecule has 1 heterocycles. The van der Waals surface area contributed by atoms with Crippen molar-refractivity contribution in [2.24, 2.45) is 0 Å². The molecule has 1 spiro atoms. The fourth-order valence-corrected chi connectivity index (χ4v) is 3.47. The van der Waals surface area contributed by atoms with Crippen LogP contribution in [-0.2, 0) is 4.74 Å². The predicted octanol–water partition coefficient (Wildman–Crippen LogP) is 3.90. The molecule has 3 nitrogen and oxygen atoms in total. The highest BCUT2D eigenvalue weighted by atomic mass is 19.1. The van der Waals surface area contributed by atoms with Gasteiger partial charge >= 0.3 is 0 Å². The molecule has 3 rings (SSSR count). The summed E-state index contributed by atoms with van der Waals surface area (Å²) in [5, 5.41) is 0. The van der Waals surface area contributed by atoms with Crippen LogP contribution >= 0.6 is 0 Å². The molecule has 0 N–H and O–H groups in total. The van der Waals surface area contributed by atoms with Gasteiger partial charge in [0.15, 0.2) is 11.6 Å². The Balaban J connectivity index is 1.55. The van der Waals surface area contributed by atoms with E-state index >= 15 is 0 Å². The van der Waals surface area contributed by atoms with Crippen LogP contribution in [0.2, 0.25) is 0 Å². The summed E-state index contributed by atoms with van der Waals surface area (Å²) in [6.45, 7) is 0.374. The molecule has 21 heavy (non-hydrogen) atoms. The lowest BCUT2D eigenvalue weighted by atomic mass is 9.83. The summed E-state index contributed by atoms with van der Waals surface area (Å²) in [5.41, 5.74) is 0.379. The molecular weight excluding hydrogens is 271 g/mol. The fraction of sp³-hybridized carbons (Fsp3) is 0.588. The highest BCUT2D eigenvalue weighted by Crippen LogP contribution is 2.41. The number of rotatable bonds is 4. The Bertz CT molecular complexity index is 509. The topological polar surface area (TPSA) is 35.5 Å². The monoisotopic (exact) mass is 292 g/mol. The van der Waals surface area contributed by atoms with E-state index in [-0.39, 0.29) is 17.5 Å². The maximum atomic E-state index is 13.7. The second-order valence-corrected chi connectivity index (χ2v) is 6.14. The van der Waals surface area contributed by atoms with Crippen molar-refractivity contribution < 1.29 is 18.7 Å². The quantitative estimate of drug-likeness (QED) is 0.790. The van der Waals surface area contributed by atoms with Gasteiger partial charge in [-0.25, -0.2) is 4.39 Å². The van der Waals surface area contributed by atoms with Crippen molar-refractivity contribution in [3.05, 3.63) is 29.6 Å². The molecular formula is C17H21FO3. The van der Waals surface area contributed by atoms with Gasteiger partial charge in [0.1, 0.15) is 12.9 Å². The van der Waals surface area contributed by atoms with Crippen LogP contribution in [0.25, 0.3) is 0 Å². The lowest BCUT2D eigenvalue weighted by Gasteiger charge is -2.33. The summed E-state index contributed by atoms with van der Waals surface area (Å²) < 4.78 is 25.5. The lowest BCUT2D eigenvalue weighted by molar-refractivity contribution is -0.0751. The Kier molecular flexibility index (Phi) is 4.24. The van der Waals surface area contributed by atoms with Gasteiger partial charge in [0, 0.05) is 5.56 Å². The normalized spacial score (nSPS) is 24.1. The summed E-state index contributed by atoms with van der Waals surface area (Å²) in [6.07, 6.45) is 8.83. The van der Waals surface area contributed by atoms with Crippen LogP contribution in [0.1, 0.15) is 55.3 Å². The van der Waals surface area contributed by atoms with Crippen LogP contribution in [0.5, 0.6) is 5.75 Å². The van der Waals surface area contributed by atoms with Crippen molar-refractivity contribution in [1.29, 1.82) is 0 Å². The number of carbonyl (C=O) groups excluding carboxylic acids is 1. The van der Waals surface area contributed by atoms with Crippen LogP contribution in [0.15, 0.2) is 18.2 Å². The van der Waals surface area contributed by atoms with E-state index in [9.17, 15) is 9.18 Å². The Morgan fingerprint density at radius 3 is 2.81 bits per heavy atom. The van der Waals surface area contributed by atoms with Crippen molar-refractivity contribution in [3.63, 3.8) is 0 Å². The van der Waals surface area contributed by atoms with Crippen LogP contribution in [-0.4, -0.2) is 24.6 Å². The van der Waals surface area contributed by atoms with E-state index in [0.29, 0.717) is 18.5 Å². The summed E-state index contributed by atoms with van der Waals surface area (Å²) >= 11 is 0. The van der Waals surface area contributed by atoms with Gasteiger partial charge in [-0.05, 0) is 43.9 Å². The Morgan fingerprint density at radius 2 is 2.10 bits per heavy atom. The SMILES string of the molecule is O=Cc1ccc(OCC2CCC3(CCCCC3)O2)c(F)c1. The molecule has 2 fully saturated rings. The molecule has 1 aromatic carbocycles. The van der Waals surface area contributed by atoms with Gasteiger partial charge in [-0.2, -0.15) is 0 Å². The predicted molar refractivity (Wildman–Crippen MR) is 77.2 cm³/mol. The van der Waals surface area contributed by atoms with Crippen molar-refractivity contribution >= 4 is 6.29 Å². The van der Waals surface area contributed by atoms with E-state index in [1.807, 2.05) is 0 Å². The molecule has 1 aromatic rings. The molecule has 0 aromatic heterocycles. The van der Waals surface area contributed by atoms with E-state index in [1.165, 1.54) is 31.4 Å². The highest BCUT2D eigenvalue weighted by Gasteiger charge is 2.40. The summed E-state index contributed by atoms with van der Waals surface area (Å²) in [7, 11) is 0. The van der Waals surface area contributed by atoms with Gasteiger partial charge in [-0.1, -0.05) is 19.3 Å². The van der Waals surface area contributed by atoms with E-state index in [0.717, 1.165) is 25.7 Å². The number of halogens is 1. The largest absolute Gasteiger partial charge is 0.488 e. The third kappa shape index (κ3) is 3.26. The fourth-order valence-electron chi connectivity index (χ4n) is 3.47. The van der Waals surface area contributed by atoms with Gasteiger partial charge in [-0.3, -0.25) is 4.79 Å². The van der Waals surface area contributed by atoms with Crippen molar-refractivity contribution in [1.82, 2.24) is 0 Å². The maximum absolute atomic E-state index is 13.7. The first-order valence-corrected chi connectivity index (χ1v) is 7.76. The van der Waals surface area contributed by atoms with Crippen LogP contribution in [0, 0.1) is 5.82 Å². The zero-order valence-corrected chi connectivity index (χ0v) is 12.1. The summed E-state index contributed by atoms with van der Waals surface area (Å²) in [6, 6.07) is 4.26. The molecule has 1 aliphatic heterocycles. The first-order chi connectivity index (χ1) is 10.2. The number of aldehydes is 1. The minimum absolute atomic E-state index is 0.0493. The van der Waals surface area contributed by atoms with Gasteiger partial charge in [0.25, 0.3) is 0 Å². The molecule has 4 heteroatoms. The second kappa shape index (κ2) is 6.14. The number of carbonyl (C=O) groups is 1. The molecule has 0 bridgehead atoms. The number of benzene rings is 1. The molecule has 114 valence electrons. The van der Waals surface area contributed by atoms with Crippen LogP contribution in [0.3, 0.4) is 0 Å². The lowest BCUT2D eigenvalue weighted by Crippen LogP contribution is -2.32. The maximum Gasteiger partial charge on any atom is 0.165 e. The van der Waals surface area contributed by atoms with E-state index in [4.69, 9.17) is 9.47 Å². The average Bonchev–Trinajstić information content (AvgIpc) is 2.89. The van der Waals surface area contributed by atoms with Crippen LogP contribution in [0.4, 0.5) is 4.39 Å². The van der Waals surface area contributed by atoms with Crippen LogP contribution < -0.4 is 4.74 Å². The number of ether oxygens (including phenoxy) is 2. The molecule has 2 aliphatic rings. The first kappa shape index (κ1) is 14.5. The van der Waals surface area contributed by atoms with Gasteiger partial charge in [0.05, 0.1) is 11.7 Å². The van der Waals surface area contributed by atoms with Crippen molar-refractivity contribution in [3.8, 4) is 5.75 Å². The summed E-state index contributed by atoms with van der Waals surface area (Å²) in [4.78, 5) is 10.6. The minimum Gasteiger partial charge on any atom is -0.488 e. The smallest absolute Gasteiger partial charge is 0.165 e. The number of hydrogen-bond acceptors (Lipinski definition) is 3. The highest BCUT2D eigenvalue weighted by molar-refractivity contribution is 5.74. The molecule has 1 unspecified atom stereocenters. The molecule has 1 aliphatic carbocycles. The van der Waals surface area contributed by atoms with Crippen molar-refractivity contribution in [2.45, 2.75) is 56.7 Å². The molecule has 1 atom stereocenters. The second-order valence-electron chi connectivity index (χ2n) is 6.14. The number of hydrogen-bond donors (Lipinski definition) is 0. The van der Waals surface area contributed by atoms with E-state index in [2.05, 4.69) is 0 Å². The third-order valence-corrected chi connectivity index (χ3v) is 4.62. The average molecular weight is 292 g/mol. The van der Waals surface area contributed by atoms with Gasteiger partial charge in [-0.15, -0.1) is 0 Å². The zero-order chi connectivity index (χ0) is 14.7. The molecule has 1 saturated carbocycles. The van der Waals surface area contributed by atoms with Crippen molar-refractivity contribution in [2.75, 3.05) is 6.61 Å². The standard InChI is InChI=1S/C17H21FO3/c18-15-10-13(11-19)4-5-16(15)20-12-14-6-9-17(21-14)7-2-1-3-8-17/h4-5,10-11,14H,1-3,6-9,12H2.